The van der Waals surface area contributed by atoms with Crippen LogP contribution in [0, 0.1) is 5.92 Å². The summed E-state index contributed by atoms with van der Waals surface area (Å²) in [6.07, 6.45) is 2.17. The topological polar surface area (TPSA) is 90.3 Å². The zero-order chi connectivity index (χ0) is 24.6. The molecule has 1 aliphatic carbocycles. The zero-order valence-corrected chi connectivity index (χ0v) is 18.8. The summed E-state index contributed by atoms with van der Waals surface area (Å²) < 4.78 is 49.9. The Morgan fingerprint density at radius 2 is 1.86 bits per heavy atom. The Morgan fingerprint density at radius 1 is 1.06 bits per heavy atom. The molecule has 35 heavy (non-hydrogen) atoms. The SMILES string of the molecule is COc1cccc(-c2ncccn2)c1C(=O)N1C[C@@H]2CC[C@H]1[C@H](Oc1cnc(C(F)(F)F)cn1)C2. The molecule has 2 aliphatic heterocycles. The number of ether oxygens (including phenoxy) is 2. The number of alkyl halides is 3. The van der Waals surface area contributed by atoms with Crippen LogP contribution in [0.15, 0.2) is 49.1 Å². The summed E-state index contributed by atoms with van der Waals surface area (Å²) in [6, 6.07) is 6.69. The van der Waals surface area contributed by atoms with E-state index in [1.165, 1.54) is 7.11 Å². The van der Waals surface area contributed by atoms with Crippen LogP contribution in [-0.2, 0) is 6.18 Å². The molecule has 1 saturated carbocycles. The number of amides is 1. The summed E-state index contributed by atoms with van der Waals surface area (Å²) in [5, 5.41) is 0. The van der Waals surface area contributed by atoms with Gasteiger partial charge in [-0.05, 0) is 37.3 Å². The van der Waals surface area contributed by atoms with E-state index in [1.54, 1.807) is 41.6 Å². The highest BCUT2D eigenvalue weighted by Crippen LogP contribution is 2.40. The van der Waals surface area contributed by atoms with Crippen LogP contribution < -0.4 is 9.47 Å². The van der Waals surface area contributed by atoms with Gasteiger partial charge in [0.05, 0.1) is 31.1 Å². The molecule has 1 aromatic carbocycles. The van der Waals surface area contributed by atoms with Gasteiger partial charge in [-0.3, -0.25) is 4.79 Å². The zero-order valence-electron chi connectivity index (χ0n) is 18.8. The van der Waals surface area contributed by atoms with Gasteiger partial charge >= 0.3 is 6.18 Å². The van der Waals surface area contributed by atoms with Crippen molar-refractivity contribution >= 4 is 5.91 Å². The molecule has 0 N–H and O–H groups in total. The van der Waals surface area contributed by atoms with Gasteiger partial charge in [-0.25, -0.2) is 19.9 Å². The first-order valence-corrected chi connectivity index (χ1v) is 11.2. The number of hydrogen-bond acceptors (Lipinski definition) is 7. The van der Waals surface area contributed by atoms with Gasteiger partial charge in [-0.2, -0.15) is 13.2 Å². The fourth-order valence-corrected chi connectivity index (χ4v) is 4.86. The van der Waals surface area contributed by atoms with Gasteiger partial charge in [0.1, 0.15) is 11.9 Å². The minimum Gasteiger partial charge on any atom is -0.496 e. The third-order valence-corrected chi connectivity index (χ3v) is 6.44. The number of hydrogen-bond donors (Lipinski definition) is 0. The van der Waals surface area contributed by atoms with Crippen molar-refractivity contribution in [2.75, 3.05) is 13.7 Å². The predicted molar refractivity (Wildman–Crippen MR) is 118 cm³/mol. The van der Waals surface area contributed by atoms with Gasteiger partial charge in [0, 0.05) is 24.5 Å². The van der Waals surface area contributed by atoms with Gasteiger partial charge in [0.25, 0.3) is 5.91 Å². The van der Waals surface area contributed by atoms with E-state index in [1.807, 2.05) is 0 Å². The van der Waals surface area contributed by atoms with Crippen LogP contribution in [0.4, 0.5) is 13.2 Å². The molecule has 3 atom stereocenters. The highest BCUT2D eigenvalue weighted by atomic mass is 19.4. The van der Waals surface area contributed by atoms with Crippen LogP contribution in [0.3, 0.4) is 0 Å². The Bertz CT molecular complexity index is 1210. The fraction of sp³-hybridized carbons (Fsp3) is 0.375. The number of piperidine rings is 2. The quantitative estimate of drug-likeness (QED) is 0.539. The molecule has 3 aromatic rings. The monoisotopic (exact) mass is 485 g/mol. The van der Waals surface area contributed by atoms with Crippen LogP contribution in [0.25, 0.3) is 11.4 Å². The molecule has 2 aromatic heterocycles. The van der Waals surface area contributed by atoms with E-state index in [0.717, 1.165) is 12.6 Å². The van der Waals surface area contributed by atoms with Crippen molar-refractivity contribution in [1.82, 2.24) is 24.8 Å². The molecule has 2 saturated heterocycles. The average molecular weight is 485 g/mol. The molecule has 6 rings (SSSR count). The molecule has 8 nitrogen and oxygen atoms in total. The Balaban J connectivity index is 1.43. The molecule has 1 amide bonds. The van der Waals surface area contributed by atoms with E-state index in [2.05, 4.69) is 19.9 Å². The van der Waals surface area contributed by atoms with Crippen molar-refractivity contribution in [3.8, 4) is 23.0 Å². The standard InChI is InChI=1S/C24H22F3N5O3/c1-34-17-5-2-4-15(22-28-8-3-9-29-22)21(17)23(33)32-13-14-6-7-16(32)18(10-14)35-20-12-30-19(11-31-20)24(25,26)27/h2-5,8-9,11-12,14,16,18H,6-7,10,13H2,1H3/t14-,16+,18-/m1/s1. The summed E-state index contributed by atoms with van der Waals surface area (Å²) in [6.45, 7) is 0.551. The average Bonchev–Trinajstić information content (AvgIpc) is 2.88. The Kier molecular flexibility index (Phi) is 6.00. The van der Waals surface area contributed by atoms with Gasteiger partial charge in [-0.1, -0.05) is 12.1 Å². The summed E-state index contributed by atoms with van der Waals surface area (Å²) in [5.74, 6) is 0.782. The Hall–Kier alpha value is -3.76. The minimum absolute atomic E-state index is 0.00128. The van der Waals surface area contributed by atoms with Crippen molar-refractivity contribution in [3.05, 3.63) is 60.3 Å². The lowest BCUT2D eigenvalue weighted by molar-refractivity contribution is -0.141. The van der Waals surface area contributed by atoms with E-state index >= 15 is 0 Å². The molecule has 11 heteroatoms. The fourth-order valence-electron chi connectivity index (χ4n) is 4.86. The van der Waals surface area contributed by atoms with Crippen molar-refractivity contribution < 1.29 is 27.4 Å². The normalized spacial score (nSPS) is 21.6. The summed E-state index contributed by atoms with van der Waals surface area (Å²) in [4.78, 5) is 31.5. The molecule has 0 radical (unpaired) electrons. The van der Waals surface area contributed by atoms with E-state index in [4.69, 9.17) is 9.47 Å². The molecular weight excluding hydrogens is 463 g/mol. The van der Waals surface area contributed by atoms with Crippen LogP contribution in [0.5, 0.6) is 11.6 Å². The maximum atomic E-state index is 13.9. The van der Waals surface area contributed by atoms with Crippen LogP contribution >= 0.6 is 0 Å². The van der Waals surface area contributed by atoms with Gasteiger partial charge in [-0.15, -0.1) is 0 Å². The Labute approximate surface area is 199 Å². The number of carbonyl (C=O) groups excluding carboxylic acids is 1. The number of methoxy groups -OCH3 is 1. The lowest BCUT2D eigenvalue weighted by Crippen LogP contribution is -2.59. The number of halogens is 3. The maximum absolute atomic E-state index is 13.9. The summed E-state index contributed by atoms with van der Waals surface area (Å²) in [7, 11) is 1.50. The molecular formula is C24H22F3N5O3. The molecule has 0 unspecified atom stereocenters. The maximum Gasteiger partial charge on any atom is 0.434 e. The smallest absolute Gasteiger partial charge is 0.434 e. The van der Waals surface area contributed by atoms with Gasteiger partial charge in [0.2, 0.25) is 5.88 Å². The summed E-state index contributed by atoms with van der Waals surface area (Å²) in [5.41, 5.74) is -0.164. The minimum atomic E-state index is -4.58. The van der Waals surface area contributed by atoms with E-state index in [-0.39, 0.29) is 23.7 Å². The number of aromatic nitrogens is 4. The highest BCUT2D eigenvalue weighted by Gasteiger charge is 2.45. The molecule has 182 valence electrons. The number of nitrogens with zero attached hydrogens (tertiary/aromatic N) is 5. The first-order chi connectivity index (χ1) is 16.8. The first kappa shape index (κ1) is 23.0. The molecule has 4 heterocycles. The van der Waals surface area contributed by atoms with Crippen molar-refractivity contribution in [2.45, 2.75) is 37.6 Å². The lowest BCUT2D eigenvalue weighted by Gasteiger charge is -2.49. The first-order valence-electron chi connectivity index (χ1n) is 11.2. The van der Waals surface area contributed by atoms with E-state index in [0.29, 0.717) is 48.3 Å². The molecule has 2 bridgehead atoms. The number of fused-ring (bicyclic) bond motifs is 3. The largest absolute Gasteiger partial charge is 0.496 e. The predicted octanol–water partition coefficient (Wildman–Crippen LogP) is 4.03. The van der Waals surface area contributed by atoms with Crippen molar-refractivity contribution in [2.24, 2.45) is 5.92 Å². The van der Waals surface area contributed by atoms with Gasteiger partial charge in [0.15, 0.2) is 11.5 Å². The van der Waals surface area contributed by atoms with E-state index < -0.39 is 18.0 Å². The number of rotatable bonds is 5. The second kappa shape index (κ2) is 9.12. The lowest BCUT2D eigenvalue weighted by atomic mass is 9.77. The van der Waals surface area contributed by atoms with Crippen LogP contribution in [0.1, 0.15) is 35.3 Å². The number of carbonyl (C=O) groups is 1. The third-order valence-electron chi connectivity index (χ3n) is 6.44. The van der Waals surface area contributed by atoms with Crippen molar-refractivity contribution in [1.29, 1.82) is 0 Å². The van der Waals surface area contributed by atoms with E-state index in [9.17, 15) is 18.0 Å². The molecule has 0 spiro atoms. The summed E-state index contributed by atoms with van der Waals surface area (Å²) >= 11 is 0. The van der Waals surface area contributed by atoms with Crippen molar-refractivity contribution in [3.63, 3.8) is 0 Å². The second-order valence-electron chi connectivity index (χ2n) is 8.55. The molecule has 3 fully saturated rings. The second-order valence-corrected chi connectivity index (χ2v) is 8.55. The third kappa shape index (κ3) is 4.50. The number of benzene rings is 1. The van der Waals surface area contributed by atoms with Gasteiger partial charge < -0.3 is 14.4 Å². The highest BCUT2D eigenvalue weighted by molar-refractivity contribution is 6.03. The molecule has 3 aliphatic rings. The Morgan fingerprint density at radius 3 is 2.51 bits per heavy atom. The van der Waals surface area contributed by atoms with Crippen LogP contribution in [-0.4, -0.2) is 56.5 Å². The van der Waals surface area contributed by atoms with Crippen LogP contribution in [0.2, 0.25) is 0 Å².